The largest absolute Gasteiger partial charge is 0.324 e. The lowest BCUT2D eigenvalue weighted by molar-refractivity contribution is -0.920. The van der Waals surface area contributed by atoms with E-state index < -0.39 is 0 Å². The van der Waals surface area contributed by atoms with E-state index in [0.717, 1.165) is 12.0 Å². The van der Waals surface area contributed by atoms with Crippen molar-refractivity contribution in [3.05, 3.63) is 0 Å². The first-order chi connectivity index (χ1) is 5.12. The van der Waals surface area contributed by atoms with Gasteiger partial charge in [-0.25, -0.2) is 0 Å². The monoisotopic (exact) mass is 156 g/mol. The van der Waals surface area contributed by atoms with Crippen LogP contribution in [0.1, 0.15) is 33.6 Å². The molecule has 0 bridgehead atoms. The van der Waals surface area contributed by atoms with Crippen LogP contribution in [-0.2, 0) is 0 Å². The first-order valence-corrected chi connectivity index (χ1v) is 4.96. The van der Waals surface area contributed by atoms with Gasteiger partial charge in [-0.05, 0) is 13.3 Å². The highest BCUT2D eigenvalue weighted by atomic mass is 15.4. The van der Waals surface area contributed by atoms with Crippen molar-refractivity contribution in [2.24, 2.45) is 5.92 Å². The molecule has 0 spiro atoms. The van der Waals surface area contributed by atoms with Crippen LogP contribution >= 0.6 is 0 Å². The van der Waals surface area contributed by atoms with E-state index in [-0.39, 0.29) is 0 Å². The molecule has 0 radical (unpaired) electrons. The Labute approximate surface area is 71.0 Å². The minimum Gasteiger partial charge on any atom is -0.324 e. The Morgan fingerprint density at radius 2 is 2.00 bits per heavy atom. The minimum absolute atomic E-state index is 0.940. The molecule has 0 saturated carbocycles. The molecule has 11 heavy (non-hydrogen) atoms. The fraction of sp³-hybridized carbons (Fsp3) is 1.00. The molecule has 3 atom stereocenters. The molecule has 3 unspecified atom stereocenters. The Morgan fingerprint density at radius 3 is 2.36 bits per heavy atom. The second kappa shape index (κ2) is 3.14. The minimum atomic E-state index is 0.940. The fourth-order valence-corrected chi connectivity index (χ4v) is 2.65. The highest BCUT2D eigenvalue weighted by Crippen LogP contribution is 2.30. The Balaban J connectivity index is 2.63. The zero-order valence-electron chi connectivity index (χ0n) is 8.43. The van der Waals surface area contributed by atoms with Crippen LogP contribution < -0.4 is 0 Å². The van der Waals surface area contributed by atoms with Crippen LogP contribution in [-0.4, -0.2) is 30.7 Å². The third-order valence-electron chi connectivity index (χ3n) is 3.48. The van der Waals surface area contributed by atoms with Gasteiger partial charge in [-0.3, -0.25) is 0 Å². The molecule has 1 heteroatoms. The average Bonchev–Trinajstić information content (AvgIpc) is 2.27. The maximum Gasteiger partial charge on any atom is 0.0890 e. The molecule has 1 saturated heterocycles. The molecular formula is C10H22N+. The predicted molar refractivity (Wildman–Crippen MR) is 49.5 cm³/mol. The lowest BCUT2D eigenvalue weighted by Crippen LogP contribution is -2.47. The van der Waals surface area contributed by atoms with Gasteiger partial charge in [0.25, 0.3) is 0 Å². The second-order valence-electron chi connectivity index (χ2n) is 4.38. The van der Waals surface area contributed by atoms with E-state index in [9.17, 15) is 0 Å². The first kappa shape index (κ1) is 9.05. The van der Waals surface area contributed by atoms with Crippen molar-refractivity contribution in [2.75, 3.05) is 20.1 Å². The molecule has 1 heterocycles. The lowest BCUT2D eigenvalue weighted by Gasteiger charge is -2.34. The average molecular weight is 156 g/mol. The topological polar surface area (TPSA) is 0 Å². The number of rotatable bonds is 2. The van der Waals surface area contributed by atoms with E-state index >= 15 is 0 Å². The molecule has 1 aliphatic heterocycles. The summed E-state index contributed by atoms with van der Waals surface area (Å²) in [7, 11) is 2.41. The standard InChI is InChI=1S/C10H22N/c1-5-10-7-9(3)8-11(10,4)6-2/h9-10H,5-8H2,1-4H3/q+1. The van der Waals surface area contributed by atoms with Crippen molar-refractivity contribution in [1.29, 1.82) is 0 Å². The normalized spacial score (nSPS) is 44.7. The number of hydrogen-bond donors (Lipinski definition) is 0. The highest BCUT2D eigenvalue weighted by molar-refractivity contribution is 4.70. The third kappa shape index (κ3) is 1.58. The van der Waals surface area contributed by atoms with Gasteiger partial charge in [0.05, 0.1) is 26.2 Å². The molecule has 0 amide bonds. The van der Waals surface area contributed by atoms with Gasteiger partial charge in [0.15, 0.2) is 0 Å². The van der Waals surface area contributed by atoms with Crippen LogP contribution in [0.3, 0.4) is 0 Å². The predicted octanol–water partition coefficient (Wildman–Crippen LogP) is 2.27. The third-order valence-corrected chi connectivity index (χ3v) is 3.48. The summed E-state index contributed by atoms with van der Waals surface area (Å²) in [6, 6.07) is 0.940. The van der Waals surface area contributed by atoms with Gasteiger partial charge >= 0.3 is 0 Å². The summed E-state index contributed by atoms with van der Waals surface area (Å²) in [5.74, 6) is 0.949. The molecule has 0 aromatic carbocycles. The van der Waals surface area contributed by atoms with Gasteiger partial charge in [-0.1, -0.05) is 13.8 Å². The molecule has 0 aliphatic carbocycles. The van der Waals surface area contributed by atoms with Crippen LogP contribution in [0.25, 0.3) is 0 Å². The first-order valence-electron chi connectivity index (χ1n) is 4.96. The Hall–Kier alpha value is -0.0400. The van der Waals surface area contributed by atoms with E-state index in [0.29, 0.717) is 0 Å². The van der Waals surface area contributed by atoms with Crippen molar-refractivity contribution in [1.82, 2.24) is 0 Å². The second-order valence-corrected chi connectivity index (χ2v) is 4.38. The van der Waals surface area contributed by atoms with Gasteiger partial charge in [0, 0.05) is 12.3 Å². The summed E-state index contributed by atoms with van der Waals surface area (Å²) in [6.07, 6.45) is 2.80. The van der Waals surface area contributed by atoms with Gasteiger partial charge in [0.2, 0.25) is 0 Å². The van der Waals surface area contributed by atoms with Crippen molar-refractivity contribution in [2.45, 2.75) is 39.7 Å². The summed E-state index contributed by atoms with van der Waals surface area (Å²) >= 11 is 0. The Kier molecular flexibility index (Phi) is 2.58. The molecule has 1 aliphatic rings. The van der Waals surface area contributed by atoms with Crippen molar-refractivity contribution in [3.8, 4) is 0 Å². The van der Waals surface area contributed by atoms with Crippen LogP contribution in [0.5, 0.6) is 0 Å². The van der Waals surface area contributed by atoms with Gasteiger partial charge in [-0.2, -0.15) is 0 Å². The molecule has 1 rings (SSSR count). The zero-order valence-corrected chi connectivity index (χ0v) is 8.43. The van der Waals surface area contributed by atoms with Crippen LogP contribution in [0, 0.1) is 5.92 Å². The molecule has 0 aromatic heterocycles. The van der Waals surface area contributed by atoms with Gasteiger partial charge in [-0.15, -0.1) is 0 Å². The molecule has 1 fully saturated rings. The van der Waals surface area contributed by atoms with Crippen molar-refractivity contribution < 1.29 is 4.48 Å². The molecule has 1 nitrogen and oxygen atoms in total. The van der Waals surface area contributed by atoms with Crippen LogP contribution in [0.4, 0.5) is 0 Å². The molecule has 0 aromatic rings. The number of quaternary nitrogens is 1. The molecular weight excluding hydrogens is 134 g/mol. The van der Waals surface area contributed by atoms with Crippen molar-refractivity contribution in [3.63, 3.8) is 0 Å². The number of nitrogens with zero attached hydrogens (tertiary/aromatic N) is 1. The van der Waals surface area contributed by atoms with Crippen LogP contribution in [0.15, 0.2) is 0 Å². The van der Waals surface area contributed by atoms with Crippen LogP contribution in [0.2, 0.25) is 0 Å². The summed E-state index contributed by atoms with van der Waals surface area (Å²) < 4.78 is 1.32. The quantitative estimate of drug-likeness (QED) is 0.538. The number of likely N-dealkylation sites (tertiary alicyclic amines) is 1. The summed E-state index contributed by atoms with van der Waals surface area (Å²) in [5.41, 5.74) is 0. The Bertz CT molecular complexity index is 133. The van der Waals surface area contributed by atoms with Crippen molar-refractivity contribution >= 4 is 0 Å². The Morgan fingerprint density at radius 1 is 1.36 bits per heavy atom. The smallest absolute Gasteiger partial charge is 0.0890 e. The SMILES string of the molecule is CCC1CC(C)C[N+]1(C)CC. The lowest BCUT2D eigenvalue weighted by atomic mass is 10.1. The summed E-state index contributed by atoms with van der Waals surface area (Å²) in [6.45, 7) is 9.75. The van der Waals surface area contributed by atoms with E-state index in [1.807, 2.05) is 0 Å². The van der Waals surface area contributed by atoms with E-state index in [2.05, 4.69) is 27.8 Å². The summed E-state index contributed by atoms with van der Waals surface area (Å²) in [4.78, 5) is 0. The van der Waals surface area contributed by atoms with E-state index in [1.165, 1.54) is 30.4 Å². The van der Waals surface area contributed by atoms with E-state index in [4.69, 9.17) is 0 Å². The maximum atomic E-state index is 2.41. The highest BCUT2D eigenvalue weighted by Gasteiger charge is 2.39. The summed E-state index contributed by atoms with van der Waals surface area (Å²) in [5, 5.41) is 0. The fourth-order valence-electron chi connectivity index (χ4n) is 2.65. The van der Waals surface area contributed by atoms with Gasteiger partial charge < -0.3 is 4.48 Å². The van der Waals surface area contributed by atoms with E-state index in [1.54, 1.807) is 0 Å². The molecule has 0 N–H and O–H groups in total. The number of hydrogen-bond acceptors (Lipinski definition) is 0. The maximum absolute atomic E-state index is 2.41. The van der Waals surface area contributed by atoms with Gasteiger partial charge in [0.1, 0.15) is 0 Å². The zero-order chi connectivity index (χ0) is 8.48. The molecule has 66 valence electrons.